The summed E-state index contributed by atoms with van der Waals surface area (Å²) in [5, 5.41) is 8.99. The van der Waals surface area contributed by atoms with Crippen molar-refractivity contribution >= 4 is 5.97 Å². The number of rotatable bonds is 2. The smallest absolute Gasteiger partial charge is 0.417 e. The van der Waals surface area contributed by atoms with E-state index in [1.807, 2.05) is 0 Å². The van der Waals surface area contributed by atoms with Crippen molar-refractivity contribution in [2.45, 2.75) is 13.1 Å². The lowest BCUT2D eigenvalue weighted by Crippen LogP contribution is -2.13. The Kier molecular flexibility index (Phi) is 3.53. The van der Waals surface area contributed by atoms with Gasteiger partial charge in [0.2, 0.25) is 0 Å². The highest BCUT2D eigenvalue weighted by atomic mass is 19.4. The molecule has 20 heavy (non-hydrogen) atoms. The van der Waals surface area contributed by atoms with Crippen molar-refractivity contribution in [3.05, 3.63) is 59.2 Å². The fourth-order valence-corrected chi connectivity index (χ4v) is 2.05. The second kappa shape index (κ2) is 5.00. The lowest BCUT2D eigenvalue weighted by Gasteiger charge is -2.14. The van der Waals surface area contributed by atoms with Crippen LogP contribution in [0.4, 0.5) is 13.2 Å². The van der Waals surface area contributed by atoms with Crippen molar-refractivity contribution in [3.63, 3.8) is 0 Å². The van der Waals surface area contributed by atoms with Gasteiger partial charge in [-0.1, -0.05) is 30.3 Å². The maximum atomic E-state index is 12.9. The summed E-state index contributed by atoms with van der Waals surface area (Å²) in [5.74, 6) is -1.59. The molecule has 0 bridgehead atoms. The van der Waals surface area contributed by atoms with E-state index in [-0.39, 0.29) is 0 Å². The molecular formula is C15H11F3O2. The number of benzene rings is 2. The monoisotopic (exact) mass is 280 g/mol. The summed E-state index contributed by atoms with van der Waals surface area (Å²) >= 11 is 0. The third-order valence-corrected chi connectivity index (χ3v) is 2.99. The molecule has 104 valence electrons. The molecule has 0 aliphatic heterocycles. The molecular weight excluding hydrogens is 269 g/mol. The minimum absolute atomic E-state index is 0.383. The van der Waals surface area contributed by atoms with Crippen molar-refractivity contribution in [2.24, 2.45) is 0 Å². The van der Waals surface area contributed by atoms with Crippen LogP contribution in [0.3, 0.4) is 0 Å². The molecule has 2 rings (SSSR count). The summed E-state index contributed by atoms with van der Waals surface area (Å²) in [6, 6.07) is 10.7. The maximum Gasteiger partial charge on any atom is 0.417 e. The van der Waals surface area contributed by atoms with Crippen LogP contribution in [0.15, 0.2) is 42.5 Å². The van der Waals surface area contributed by atoms with Crippen LogP contribution in [0.2, 0.25) is 0 Å². The first kappa shape index (κ1) is 14.1. The Morgan fingerprint density at radius 2 is 1.70 bits per heavy atom. The SMILES string of the molecule is Cc1cc(C(F)(F)F)c(C(=O)O)cc1-c1ccccc1. The first-order valence-corrected chi connectivity index (χ1v) is 5.81. The number of halogens is 3. The van der Waals surface area contributed by atoms with Crippen LogP contribution in [0.5, 0.6) is 0 Å². The number of carboxylic acids is 1. The minimum atomic E-state index is -4.69. The number of hydrogen-bond acceptors (Lipinski definition) is 1. The van der Waals surface area contributed by atoms with Crippen LogP contribution < -0.4 is 0 Å². The Balaban J connectivity index is 2.69. The number of aromatic carboxylic acids is 1. The molecule has 0 unspecified atom stereocenters. The predicted molar refractivity (Wildman–Crippen MR) is 68.6 cm³/mol. The molecule has 2 nitrogen and oxygen atoms in total. The van der Waals surface area contributed by atoms with Gasteiger partial charge in [-0.2, -0.15) is 13.2 Å². The van der Waals surface area contributed by atoms with Gasteiger partial charge in [0, 0.05) is 0 Å². The second-order valence-electron chi connectivity index (χ2n) is 4.38. The summed E-state index contributed by atoms with van der Waals surface area (Å²) in [6.07, 6.45) is -4.69. The predicted octanol–water partition coefficient (Wildman–Crippen LogP) is 4.38. The molecule has 0 aliphatic carbocycles. The van der Waals surface area contributed by atoms with E-state index in [0.717, 1.165) is 12.1 Å². The van der Waals surface area contributed by atoms with Gasteiger partial charge in [0.25, 0.3) is 0 Å². The number of aryl methyl sites for hydroxylation is 1. The van der Waals surface area contributed by atoms with Crippen LogP contribution in [-0.4, -0.2) is 11.1 Å². The summed E-state index contributed by atoms with van der Waals surface area (Å²) in [4.78, 5) is 11.1. The van der Waals surface area contributed by atoms with E-state index in [1.54, 1.807) is 30.3 Å². The molecule has 0 amide bonds. The molecule has 0 spiro atoms. The fraction of sp³-hybridized carbons (Fsp3) is 0.133. The molecule has 0 radical (unpaired) electrons. The Labute approximate surface area is 113 Å². The lowest BCUT2D eigenvalue weighted by atomic mass is 9.94. The van der Waals surface area contributed by atoms with Crippen molar-refractivity contribution in [1.29, 1.82) is 0 Å². The Morgan fingerprint density at radius 3 is 2.20 bits per heavy atom. The molecule has 1 N–H and O–H groups in total. The van der Waals surface area contributed by atoms with E-state index in [4.69, 9.17) is 5.11 Å². The van der Waals surface area contributed by atoms with Crippen LogP contribution in [-0.2, 0) is 6.18 Å². The first-order valence-electron chi connectivity index (χ1n) is 5.81. The van der Waals surface area contributed by atoms with Crippen molar-refractivity contribution in [1.82, 2.24) is 0 Å². The molecule has 2 aromatic carbocycles. The molecule has 0 aliphatic rings. The van der Waals surface area contributed by atoms with E-state index in [2.05, 4.69) is 0 Å². The highest BCUT2D eigenvalue weighted by molar-refractivity contribution is 5.92. The summed E-state index contributed by atoms with van der Waals surface area (Å²) < 4.78 is 38.6. The van der Waals surface area contributed by atoms with Crippen molar-refractivity contribution < 1.29 is 23.1 Å². The van der Waals surface area contributed by atoms with E-state index in [1.165, 1.54) is 6.92 Å². The van der Waals surface area contributed by atoms with E-state index in [0.29, 0.717) is 16.7 Å². The molecule has 0 heterocycles. The van der Waals surface area contributed by atoms with Gasteiger partial charge >= 0.3 is 12.1 Å². The Hall–Kier alpha value is -2.30. The lowest BCUT2D eigenvalue weighted by molar-refractivity contribution is -0.138. The van der Waals surface area contributed by atoms with E-state index in [9.17, 15) is 18.0 Å². The zero-order valence-electron chi connectivity index (χ0n) is 10.5. The fourth-order valence-electron chi connectivity index (χ4n) is 2.05. The van der Waals surface area contributed by atoms with Crippen LogP contribution in [0.1, 0.15) is 21.5 Å². The molecule has 0 atom stereocenters. The van der Waals surface area contributed by atoms with Gasteiger partial charge in [0.15, 0.2) is 0 Å². The molecule has 0 fully saturated rings. The molecule has 0 saturated heterocycles. The second-order valence-corrected chi connectivity index (χ2v) is 4.38. The normalized spacial score (nSPS) is 11.4. The average molecular weight is 280 g/mol. The zero-order valence-corrected chi connectivity index (χ0v) is 10.5. The van der Waals surface area contributed by atoms with Crippen molar-refractivity contribution in [2.75, 3.05) is 0 Å². The number of hydrogen-bond donors (Lipinski definition) is 1. The first-order chi connectivity index (χ1) is 9.30. The van der Waals surface area contributed by atoms with Crippen LogP contribution in [0.25, 0.3) is 11.1 Å². The summed E-state index contributed by atoms with van der Waals surface area (Å²) in [7, 11) is 0. The van der Waals surface area contributed by atoms with Gasteiger partial charge in [-0.15, -0.1) is 0 Å². The molecule has 0 aromatic heterocycles. The van der Waals surface area contributed by atoms with E-state index >= 15 is 0 Å². The van der Waals surface area contributed by atoms with Gasteiger partial charge < -0.3 is 5.11 Å². The number of alkyl halides is 3. The Morgan fingerprint density at radius 1 is 1.10 bits per heavy atom. The van der Waals surface area contributed by atoms with E-state index < -0.39 is 23.3 Å². The topological polar surface area (TPSA) is 37.3 Å². The quantitative estimate of drug-likeness (QED) is 0.886. The van der Waals surface area contributed by atoms with Crippen LogP contribution in [0, 0.1) is 6.92 Å². The largest absolute Gasteiger partial charge is 0.478 e. The highest BCUT2D eigenvalue weighted by Crippen LogP contribution is 2.36. The number of carbonyl (C=O) groups is 1. The molecule has 0 saturated carbocycles. The molecule has 2 aromatic rings. The number of carboxylic acid groups (broad SMARTS) is 1. The van der Waals surface area contributed by atoms with Crippen LogP contribution >= 0.6 is 0 Å². The zero-order chi connectivity index (χ0) is 14.9. The van der Waals surface area contributed by atoms with Gasteiger partial charge in [0.1, 0.15) is 0 Å². The highest BCUT2D eigenvalue weighted by Gasteiger charge is 2.36. The average Bonchev–Trinajstić information content (AvgIpc) is 2.38. The maximum absolute atomic E-state index is 12.9. The van der Waals surface area contributed by atoms with Gasteiger partial charge in [-0.05, 0) is 35.7 Å². The third-order valence-electron chi connectivity index (χ3n) is 2.99. The third kappa shape index (κ3) is 2.66. The summed E-state index contributed by atoms with van der Waals surface area (Å²) in [5.41, 5.74) is -0.310. The van der Waals surface area contributed by atoms with Gasteiger partial charge in [0.05, 0.1) is 11.1 Å². The van der Waals surface area contributed by atoms with Crippen molar-refractivity contribution in [3.8, 4) is 11.1 Å². The minimum Gasteiger partial charge on any atom is -0.478 e. The Bertz CT molecular complexity index is 646. The molecule has 5 heteroatoms. The van der Waals surface area contributed by atoms with Gasteiger partial charge in [-0.3, -0.25) is 0 Å². The standard InChI is InChI=1S/C15H11F3O2/c1-9-7-13(15(16,17)18)12(14(19)20)8-11(9)10-5-3-2-4-6-10/h2-8H,1H3,(H,19,20). The summed E-state index contributed by atoms with van der Waals surface area (Å²) in [6.45, 7) is 1.53. The van der Waals surface area contributed by atoms with Gasteiger partial charge in [-0.25, -0.2) is 4.79 Å².